The lowest BCUT2D eigenvalue weighted by molar-refractivity contribution is 0.726. The van der Waals surface area contributed by atoms with Crippen LogP contribution in [0.3, 0.4) is 0 Å². The zero-order chi connectivity index (χ0) is 12.4. The van der Waals surface area contributed by atoms with Gasteiger partial charge in [-0.15, -0.1) is 0 Å². The number of halogens is 1. The summed E-state index contributed by atoms with van der Waals surface area (Å²) in [6, 6.07) is 6.19. The van der Waals surface area contributed by atoms with Crippen molar-refractivity contribution in [2.75, 3.05) is 18.0 Å². The van der Waals surface area contributed by atoms with E-state index in [0.29, 0.717) is 0 Å². The largest absolute Gasteiger partial charge is 0.356 e. The zero-order valence-corrected chi connectivity index (χ0v) is 11.9. The molecular weight excluding hydrogens is 290 g/mol. The normalized spacial score (nSPS) is 16.8. The fraction of sp³-hybridized carbons (Fsp3) is 0.429. The molecular formula is C14H16BrN3. The third-order valence-corrected chi connectivity index (χ3v) is 4.14. The van der Waals surface area contributed by atoms with Crippen LogP contribution in [-0.2, 0) is 0 Å². The van der Waals surface area contributed by atoms with Crippen LogP contribution >= 0.6 is 15.9 Å². The summed E-state index contributed by atoms with van der Waals surface area (Å²) in [4.78, 5) is 11.3. The lowest BCUT2D eigenvalue weighted by atomic mass is 10.2. The van der Waals surface area contributed by atoms with E-state index < -0.39 is 0 Å². The van der Waals surface area contributed by atoms with Gasteiger partial charge in [-0.2, -0.15) is 0 Å². The maximum absolute atomic E-state index is 4.51. The second-order valence-corrected chi connectivity index (χ2v) is 5.59. The first-order valence-electron chi connectivity index (χ1n) is 6.50. The maximum Gasteiger partial charge on any atom is 0.139 e. The minimum Gasteiger partial charge on any atom is -0.356 e. The van der Waals surface area contributed by atoms with Crippen LogP contribution in [0.2, 0.25) is 0 Å². The van der Waals surface area contributed by atoms with Crippen LogP contribution < -0.4 is 4.90 Å². The van der Waals surface area contributed by atoms with Gasteiger partial charge >= 0.3 is 0 Å². The topological polar surface area (TPSA) is 29.0 Å². The molecule has 0 unspecified atom stereocenters. The molecule has 2 aromatic rings. The van der Waals surface area contributed by atoms with Crippen molar-refractivity contribution in [2.24, 2.45) is 0 Å². The van der Waals surface area contributed by atoms with Crippen LogP contribution in [0.1, 0.15) is 25.7 Å². The van der Waals surface area contributed by atoms with Crippen molar-refractivity contribution in [3.05, 3.63) is 29.0 Å². The number of rotatable bonds is 1. The van der Waals surface area contributed by atoms with Crippen molar-refractivity contribution < 1.29 is 0 Å². The molecule has 0 radical (unpaired) electrons. The highest BCUT2D eigenvalue weighted by Crippen LogP contribution is 2.29. The van der Waals surface area contributed by atoms with E-state index in [1.165, 1.54) is 25.7 Å². The number of nitrogens with zero attached hydrogens (tertiary/aromatic N) is 3. The van der Waals surface area contributed by atoms with Crippen molar-refractivity contribution in [1.29, 1.82) is 0 Å². The number of hydrogen-bond donors (Lipinski definition) is 0. The highest BCUT2D eigenvalue weighted by molar-refractivity contribution is 9.10. The average molecular weight is 306 g/mol. The molecule has 1 fully saturated rings. The van der Waals surface area contributed by atoms with E-state index in [-0.39, 0.29) is 0 Å². The molecule has 0 saturated carbocycles. The molecule has 1 aromatic carbocycles. The molecule has 18 heavy (non-hydrogen) atoms. The van der Waals surface area contributed by atoms with E-state index in [1.807, 2.05) is 6.07 Å². The molecule has 0 spiro atoms. The first-order chi connectivity index (χ1) is 8.86. The number of para-hydroxylation sites is 1. The standard InChI is InChI=1S/C14H16BrN3/c15-12-7-5-6-11-13(12)16-10-17-14(11)18-8-3-1-2-4-9-18/h5-7,10H,1-4,8-9H2. The van der Waals surface area contributed by atoms with Crippen molar-refractivity contribution in [3.63, 3.8) is 0 Å². The maximum atomic E-state index is 4.51. The van der Waals surface area contributed by atoms with E-state index in [9.17, 15) is 0 Å². The molecule has 1 aliphatic heterocycles. The number of benzene rings is 1. The Bertz CT molecular complexity index is 548. The van der Waals surface area contributed by atoms with Crippen molar-refractivity contribution in [2.45, 2.75) is 25.7 Å². The van der Waals surface area contributed by atoms with E-state index in [2.05, 4.69) is 42.9 Å². The van der Waals surface area contributed by atoms with Gasteiger partial charge in [0.1, 0.15) is 12.1 Å². The summed E-state index contributed by atoms with van der Waals surface area (Å²) in [7, 11) is 0. The third-order valence-electron chi connectivity index (χ3n) is 3.50. The molecule has 2 heterocycles. The van der Waals surface area contributed by atoms with Crippen LogP contribution in [0, 0.1) is 0 Å². The fourth-order valence-corrected chi connectivity index (χ4v) is 3.04. The molecule has 0 atom stereocenters. The van der Waals surface area contributed by atoms with Crippen LogP contribution in [0.5, 0.6) is 0 Å². The molecule has 0 N–H and O–H groups in total. The summed E-state index contributed by atoms with van der Waals surface area (Å²) in [5.74, 6) is 1.09. The van der Waals surface area contributed by atoms with Gasteiger partial charge in [0.25, 0.3) is 0 Å². The molecule has 1 aliphatic rings. The smallest absolute Gasteiger partial charge is 0.139 e. The summed E-state index contributed by atoms with van der Waals surface area (Å²) in [5, 5.41) is 1.15. The third kappa shape index (κ3) is 2.21. The van der Waals surface area contributed by atoms with Gasteiger partial charge in [-0.25, -0.2) is 9.97 Å². The van der Waals surface area contributed by atoms with Crippen LogP contribution in [0.15, 0.2) is 29.0 Å². The van der Waals surface area contributed by atoms with Gasteiger partial charge in [0.2, 0.25) is 0 Å². The van der Waals surface area contributed by atoms with E-state index in [0.717, 1.165) is 34.3 Å². The Labute approximate surface area is 115 Å². The fourth-order valence-electron chi connectivity index (χ4n) is 2.57. The Kier molecular flexibility index (Phi) is 3.46. The molecule has 3 rings (SSSR count). The van der Waals surface area contributed by atoms with Gasteiger partial charge in [-0.05, 0) is 40.9 Å². The van der Waals surface area contributed by atoms with E-state index >= 15 is 0 Å². The molecule has 1 aromatic heterocycles. The molecule has 94 valence electrons. The first-order valence-corrected chi connectivity index (χ1v) is 7.30. The van der Waals surface area contributed by atoms with Gasteiger partial charge in [0.05, 0.1) is 5.52 Å². The molecule has 0 bridgehead atoms. The van der Waals surface area contributed by atoms with Crippen LogP contribution in [0.4, 0.5) is 5.82 Å². The van der Waals surface area contributed by atoms with Crippen LogP contribution in [0.25, 0.3) is 10.9 Å². The van der Waals surface area contributed by atoms with Crippen molar-refractivity contribution in [1.82, 2.24) is 9.97 Å². The van der Waals surface area contributed by atoms with Crippen molar-refractivity contribution >= 4 is 32.7 Å². The highest BCUT2D eigenvalue weighted by atomic mass is 79.9. The number of fused-ring (bicyclic) bond motifs is 1. The summed E-state index contributed by atoms with van der Waals surface area (Å²) in [6.45, 7) is 2.22. The lowest BCUT2D eigenvalue weighted by Crippen LogP contribution is -2.25. The monoisotopic (exact) mass is 305 g/mol. The Morgan fingerprint density at radius 2 is 1.78 bits per heavy atom. The Hall–Kier alpha value is -1.16. The summed E-state index contributed by atoms with van der Waals surface area (Å²) in [6.07, 6.45) is 6.87. The zero-order valence-electron chi connectivity index (χ0n) is 10.3. The van der Waals surface area contributed by atoms with Gasteiger partial charge in [0, 0.05) is 22.9 Å². The predicted octanol–water partition coefficient (Wildman–Crippen LogP) is 3.77. The number of hydrogen-bond acceptors (Lipinski definition) is 3. The second-order valence-electron chi connectivity index (χ2n) is 4.73. The predicted molar refractivity (Wildman–Crippen MR) is 77.9 cm³/mol. The van der Waals surface area contributed by atoms with E-state index in [4.69, 9.17) is 0 Å². The van der Waals surface area contributed by atoms with Gasteiger partial charge in [-0.3, -0.25) is 0 Å². The SMILES string of the molecule is Brc1cccc2c(N3CCCCCC3)ncnc12. The molecule has 3 nitrogen and oxygen atoms in total. The van der Waals surface area contributed by atoms with Gasteiger partial charge in [-0.1, -0.05) is 18.9 Å². The summed E-state index contributed by atoms with van der Waals surface area (Å²) in [5.41, 5.74) is 1.01. The van der Waals surface area contributed by atoms with Gasteiger partial charge < -0.3 is 4.90 Å². The van der Waals surface area contributed by atoms with Gasteiger partial charge in [0.15, 0.2) is 0 Å². The average Bonchev–Trinajstić information content (AvgIpc) is 2.67. The minimum absolute atomic E-state index is 1.01. The summed E-state index contributed by atoms with van der Waals surface area (Å²) < 4.78 is 1.04. The Morgan fingerprint density at radius 1 is 1.00 bits per heavy atom. The number of anilines is 1. The molecule has 0 aliphatic carbocycles. The Balaban J connectivity index is 2.08. The van der Waals surface area contributed by atoms with Crippen LogP contribution in [-0.4, -0.2) is 23.1 Å². The molecule has 4 heteroatoms. The molecule has 1 saturated heterocycles. The minimum atomic E-state index is 1.01. The molecule has 0 amide bonds. The van der Waals surface area contributed by atoms with E-state index in [1.54, 1.807) is 6.33 Å². The quantitative estimate of drug-likeness (QED) is 0.803. The van der Waals surface area contributed by atoms with Crippen molar-refractivity contribution in [3.8, 4) is 0 Å². The first kappa shape index (κ1) is 11.9. The highest BCUT2D eigenvalue weighted by Gasteiger charge is 2.14. The number of aromatic nitrogens is 2. The second kappa shape index (κ2) is 5.22. The Morgan fingerprint density at radius 3 is 2.56 bits per heavy atom. The summed E-state index contributed by atoms with van der Waals surface area (Å²) >= 11 is 3.56. The lowest BCUT2D eigenvalue weighted by Gasteiger charge is -2.22.